The highest BCUT2D eigenvalue weighted by atomic mass is 79.9. The summed E-state index contributed by atoms with van der Waals surface area (Å²) in [5.41, 5.74) is 8.49. The number of pyridine rings is 1. The molecule has 0 aliphatic carbocycles. The fourth-order valence-corrected chi connectivity index (χ4v) is 1.90. The Morgan fingerprint density at radius 2 is 1.94 bits per heavy atom. The molecule has 1 heterocycles. The molecule has 3 nitrogen and oxygen atoms in total. The number of hydrogen-bond donors (Lipinski definition) is 1. The molecule has 0 unspecified atom stereocenters. The summed E-state index contributed by atoms with van der Waals surface area (Å²) in [5, 5.41) is 0. The molecule has 17 heavy (non-hydrogen) atoms. The summed E-state index contributed by atoms with van der Waals surface area (Å²) < 4.78 is 6.65. The lowest BCUT2D eigenvalue weighted by Gasteiger charge is -2.09. The summed E-state index contributed by atoms with van der Waals surface area (Å²) in [7, 11) is 0. The Balaban J connectivity index is 2.28. The number of nitrogens with zero attached hydrogens (tertiary/aromatic N) is 1. The summed E-state index contributed by atoms with van der Waals surface area (Å²) >= 11 is 3.37. The number of ether oxygens (including phenoxy) is 1. The van der Waals surface area contributed by atoms with E-state index in [2.05, 4.69) is 20.9 Å². The summed E-state index contributed by atoms with van der Waals surface area (Å²) in [5.74, 6) is 1.35. The lowest BCUT2D eigenvalue weighted by atomic mass is 10.2. The zero-order chi connectivity index (χ0) is 12.4. The van der Waals surface area contributed by atoms with Crippen molar-refractivity contribution in [2.45, 2.75) is 13.8 Å². The van der Waals surface area contributed by atoms with Crippen LogP contribution < -0.4 is 10.5 Å². The van der Waals surface area contributed by atoms with Gasteiger partial charge < -0.3 is 10.5 Å². The number of anilines is 1. The maximum absolute atomic E-state index is 5.75. The van der Waals surface area contributed by atoms with Crippen molar-refractivity contribution >= 4 is 21.6 Å². The quantitative estimate of drug-likeness (QED) is 0.856. The Morgan fingerprint density at radius 1 is 1.18 bits per heavy atom. The van der Waals surface area contributed by atoms with Gasteiger partial charge in [-0.05, 0) is 59.6 Å². The Bertz CT molecular complexity index is 555. The summed E-state index contributed by atoms with van der Waals surface area (Å²) in [6.07, 6.45) is 1.71. The number of halogens is 1. The van der Waals surface area contributed by atoms with Gasteiger partial charge in [0.05, 0.1) is 0 Å². The minimum absolute atomic E-state index is 0.609. The Labute approximate surface area is 109 Å². The maximum Gasteiger partial charge on any atom is 0.222 e. The fourth-order valence-electron chi connectivity index (χ4n) is 1.46. The number of hydrogen-bond acceptors (Lipinski definition) is 3. The van der Waals surface area contributed by atoms with Crippen LogP contribution in [0.2, 0.25) is 0 Å². The van der Waals surface area contributed by atoms with Gasteiger partial charge in [0.1, 0.15) is 5.75 Å². The number of aryl methyl sites for hydroxylation is 2. The van der Waals surface area contributed by atoms with Crippen LogP contribution in [-0.2, 0) is 0 Å². The van der Waals surface area contributed by atoms with Crippen molar-refractivity contribution in [3.8, 4) is 11.6 Å². The molecule has 0 saturated heterocycles. The van der Waals surface area contributed by atoms with E-state index in [0.29, 0.717) is 5.88 Å². The minimum Gasteiger partial charge on any atom is -0.439 e. The SMILES string of the molecule is Cc1cc(Oc2ncc(Br)cc2C)ccc1N. The number of aromatic nitrogens is 1. The lowest BCUT2D eigenvalue weighted by molar-refractivity contribution is 0.458. The van der Waals surface area contributed by atoms with Gasteiger partial charge in [-0.1, -0.05) is 0 Å². The lowest BCUT2D eigenvalue weighted by Crippen LogP contribution is -1.93. The zero-order valence-electron chi connectivity index (χ0n) is 9.70. The number of benzene rings is 1. The Morgan fingerprint density at radius 3 is 2.59 bits per heavy atom. The van der Waals surface area contributed by atoms with Crippen LogP contribution in [-0.4, -0.2) is 4.98 Å². The van der Waals surface area contributed by atoms with Gasteiger partial charge in [0.2, 0.25) is 5.88 Å². The van der Waals surface area contributed by atoms with Crippen molar-refractivity contribution in [1.29, 1.82) is 0 Å². The van der Waals surface area contributed by atoms with Gasteiger partial charge >= 0.3 is 0 Å². The van der Waals surface area contributed by atoms with E-state index in [4.69, 9.17) is 10.5 Å². The molecule has 0 spiro atoms. The van der Waals surface area contributed by atoms with E-state index in [1.165, 1.54) is 0 Å². The molecular weight excluding hydrogens is 280 g/mol. The van der Waals surface area contributed by atoms with Crippen LogP contribution in [0.1, 0.15) is 11.1 Å². The van der Waals surface area contributed by atoms with E-state index in [-0.39, 0.29) is 0 Å². The van der Waals surface area contributed by atoms with Crippen molar-refractivity contribution < 1.29 is 4.74 Å². The topological polar surface area (TPSA) is 48.1 Å². The second kappa shape index (κ2) is 4.75. The molecular formula is C13H13BrN2O. The smallest absolute Gasteiger partial charge is 0.222 e. The molecule has 0 bridgehead atoms. The van der Waals surface area contributed by atoms with Crippen LogP contribution in [0, 0.1) is 13.8 Å². The highest BCUT2D eigenvalue weighted by Gasteiger charge is 2.04. The van der Waals surface area contributed by atoms with E-state index >= 15 is 0 Å². The molecule has 0 radical (unpaired) electrons. The fraction of sp³-hybridized carbons (Fsp3) is 0.154. The zero-order valence-corrected chi connectivity index (χ0v) is 11.3. The van der Waals surface area contributed by atoms with E-state index in [0.717, 1.165) is 27.0 Å². The third-order valence-corrected chi connectivity index (χ3v) is 2.89. The van der Waals surface area contributed by atoms with Crippen LogP contribution in [0.15, 0.2) is 34.9 Å². The van der Waals surface area contributed by atoms with Gasteiger partial charge in [0.25, 0.3) is 0 Å². The predicted octanol–water partition coefficient (Wildman–Crippen LogP) is 3.84. The van der Waals surface area contributed by atoms with Crippen LogP contribution in [0.25, 0.3) is 0 Å². The van der Waals surface area contributed by atoms with Crippen molar-refractivity contribution in [3.63, 3.8) is 0 Å². The second-order valence-electron chi connectivity index (χ2n) is 3.90. The monoisotopic (exact) mass is 292 g/mol. The highest BCUT2D eigenvalue weighted by molar-refractivity contribution is 9.10. The third-order valence-electron chi connectivity index (χ3n) is 2.45. The van der Waals surface area contributed by atoms with Gasteiger partial charge in [0.15, 0.2) is 0 Å². The maximum atomic E-state index is 5.75. The van der Waals surface area contributed by atoms with E-state index in [1.807, 2.05) is 38.1 Å². The van der Waals surface area contributed by atoms with E-state index < -0.39 is 0 Å². The average molecular weight is 293 g/mol. The number of nitrogen functional groups attached to an aromatic ring is 1. The summed E-state index contributed by atoms with van der Waals surface area (Å²) in [4.78, 5) is 4.22. The Hall–Kier alpha value is -1.55. The highest BCUT2D eigenvalue weighted by Crippen LogP contribution is 2.26. The molecule has 0 aliphatic rings. The predicted molar refractivity (Wildman–Crippen MR) is 72.3 cm³/mol. The van der Waals surface area contributed by atoms with Crippen LogP contribution in [0.3, 0.4) is 0 Å². The Kier molecular flexibility index (Phi) is 3.33. The molecule has 2 aromatic rings. The van der Waals surface area contributed by atoms with Crippen molar-refractivity contribution in [2.75, 3.05) is 5.73 Å². The van der Waals surface area contributed by atoms with Crippen molar-refractivity contribution in [1.82, 2.24) is 4.98 Å². The molecule has 0 fully saturated rings. The first kappa shape index (κ1) is 11.9. The first-order valence-electron chi connectivity index (χ1n) is 5.22. The van der Waals surface area contributed by atoms with Crippen LogP contribution in [0.5, 0.6) is 11.6 Å². The number of nitrogens with two attached hydrogens (primary N) is 1. The molecule has 88 valence electrons. The average Bonchev–Trinajstić information content (AvgIpc) is 2.27. The largest absolute Gasteiger partial charge is 0.439 e. The summed E-state index contributed by atoms with van der Waals surface area (Å²) in [6, 6.07) is 7.54. The normalized spacial score (nSPS) is 10.3. The molecule has 4 heteroatoms. The summed E-state index contributed by atoms with van der Waals surface area (Å²) in [6.45, 7) is 3.90. The van der Waals surface area contributed by atoms with E-state index in [1.54, 1.807) is 6.20 Å². The van der Waals surface area contributed by atoms with Gasteiger partial charge in [-0.25, -0.2) is 4.98 Å². The molecule has 0 saturated carbocycles. The van der Waals surface area contributed by atoms with Gasteiger partial charge in [-0.15, -0.1) is 0 Å². The molecule has 2 rings (SSSR count). The van der Waals surface area contributed by atoms with Crippen molar-refractivity contribution in [3.05, 3.63) is 46.1 Å². The van der Waals surface area contributed by atoms with Gasteiger partial charge in [0, 0.05) is 21.9 Å². The first-order chi connectivity index (χ1) is 8.06. The molecule has 0 aliphatic heterocycles. The molecule has 2 N–H and O–H groups in total. The minimum atomic E-state index is 0.609. The van der Waals surface area contributed by atoms with Crippen LogP contribution >= 0.6 is 15.9 Å². The standard InChI is InChI=1S/C13H13BrN2O/c1-8-6-11(3-4-12(8)15)17-13-9(2)5-10(14)7-16-13/h3-7H,15H2,1-2H3. The number of rotatable bonds is 2. The van der Waals surface area contributed by atoms with Crippen LogP contribution in [0.4, 0.5) is 5.69 Å². The molecule has 0 amide bonds. The van der Waals surface area contributed by atoms with E-state index in [9.17, 15) is 0 Å². The van der Waals surface area contributed by atoms with Gasteiger partial charge in [-0.2, -0.15) is 0 Å². The molecule has 0 atom stereocenters. The third kappa shape index (κ3) is 2.77. The first-order valence-corrected chi connectivity index (χ1v) is 6.01. The molecule has 1 aromatic carbocycles. The van der Waals surface area contributed by atoms with Gasteiger partial charge in [-0.3, -0.25) is 0 Å². The second-order valence-corrected chi connectivity index (χ2v) is 4.81. The van der Waals surface area contributed by atoms with Crippen molar-refractivity contribution in [2.24, 2.45) is 0 Å². The molecule has 1 aromatic heterocycles.